The van der Waals surface area contributed by atoms with Crippen LogP contribution in [0.25, 0.3) is 0 Å². The summed E-state index contributed by atoms with van der Waals surface area (Å²) in [5, 5.41) is 12.1. The Balaban J connectivity index is 1.83. The lowest BCUT2D eigenvalue weighted by Crippen LogP contribution is -2.41. The normalized spacial score (nSPS) is 14.7. The molecule has 106 valence electrons. The Bertz CT molecular complexity index is 518. The molecule has 0 saturated carbocycles. The van der Waals surface area contributed by atoms with E-state index in [0.717, 1.165) is 0 Å². The highest BCUT2D eigenvalue weighted by molar-refractivity contribution is 5.77. The molecule has 0 atom stereocenters. The molecule has 1 saturated heterocycles. The van der Waals surface area contributed by atoms with Gasteiger partial charge in [-0.15, -0.1) is 0 Å². The van der Waals surface area contributed by atoms with Crippen LogP contribution in [0.15, 0.2) is 18.2 Å². The number of nitrogens with two attached hydrogens (primary N) is 1. The number of hydrogen-bond acceptors (Lipinski definition) is 5. The summed E-state index contributed by atoms with van der Waals surface area (Å²) in [6.45, 7) is 3.02. The van der Waals surface area contributed by atoms with Gasteiger partial charge in [-0.05, 0) is 18.2 Å². The molecule has 3 N–H and O–H groups in total. The maximum atomic E-state index is 11.9. The van der Waals surface area contributed by atoms with Gasteiger partial charge >= 0.3 is 0 Å². The second-order valence-corrected chi connectivity index (χ2v) is 4.59. The Morgan fingerprint density at radius 2 is 2.20 bits per heavy atom. The van der Waals surface area contributed by atoms with Crippen molar-refractivity contribution in [3.8, 4) is 6.07 Å². The van der Waals surface area contributed by atoms with Crippen LogP contribution in [0.1, 0.15) is 12.0 Å². The summed E-state index contributed by atoms with van der Waals surface area (Å²) in [5.74, 6) is 0.106. The van der Waals surface area contributed by atoms with E-state index in [2.05, 4.69) is 11.4 Å². The zero-order valence-electron chi connectivity index (χ0n) is 11.3. The lowest BCUT2D eigenvalue weighted by Gasteiger charge is -2.27. The number of anilines is 2. The first-order valence-electron chi connectivity index (χ1n) is 6.59. The van der Waals surface area contributed by atoms with Gasteiger partial charge in [-0.1, -0.05) is 0 Å². The van der Waals surface area contributed by atoms with Gasteiger partial charge in [-0.25, -0.2) is 0 Å². The quantitative estimate of drug-likeness (QED) is 0.792. The van der Waals surface area contributed by atoms with E-state index in [1.54, 1.807) is 23.1 Å². The van der Waals surface area contributed by atoms with E-state index in [1.807, 2.05) is 0 Å². The van der Waals surface area contributed by atoms with Gasteiger partial charge in [-0.2, -0.15) is 5.26 Å². The Labute approximate surface area is 118 Å². The lowest BCUT2D eigenvalue weighted by molar-refractivity contribution is -0.134. The summed E-state index contributed by atoms with van der Waals surface area (Å²) in [5.41, 5.74) is 7.37. The van der Waals surface area contributed by atoms with Gasteiger partial charge in [0, 0.05) is 31.7 Å². The molecule has 0 unspecified atom stereocenters. The zero-order chi connectivity index (χ0) is 14.4. The molecule has 1 aromatic rings. The molecular formula is C14H18N4O2. The van der Waals surface area contributed by atoms with Crippen molar-refractivity contribution in [1.82, 2.24) is 4.90 Å². The molecule has 0 radical (unpaired) electrons. The van der Waals surface area contributed by atoms with E-state index < -0.39 is 0 Å². The van der Waals surface area contributed by atoms with E-state index >= 15 is 0 Å². The van der Waals surface area contributed by atoms with Gasteiger partial charge in [0.1, 0.15) is 6.07 Å². The number of benzene rings is 1. The molecule has 1 fully saturated rings. The first kappa shape index (κ1) is 14.2. The average Bonchev–Trinajstić information content (AvgIpc) is 2.49. The molecule has 6 nitrogen and oxygen atoms in total. The third kappa shape index (κ3) is 3.62. The summed E-state index contributed by atoms with van der Waals surface area (Å²) in [6, 6.07) is 7.19. The van der Waals surface area contributed by atoms with Gasteiger partial charge in [0.2, 0.25) is 5.91 Å². The molecule has 1 amide bonds. The number of nitrogen functional groups attached to an aromatic ring is 1. The Morgan fingerprint density at radius 3 is 2.90 bits per heavy atom. The van der Waals surface area contributed by atoms with Crippen molar-refractivity contribution in [2.75, 3.05) is 43.9 Å². The first-order valence-corrected chi connectivity index (χ1v) is 6.59. The number of nitriles is 1. The van der Waals surface area contributed by atoms with Crippen LogP contribution in [0.5, 0.6) is 0 Å². The number of ether oxygens (including phenoxy) is 1. The number of nitrogens with one attached hydrogen (secondary N) is 1. The van der Waals surface area contributed by atoms with Gasteiger partial charge in [0.05, 0.1) is 24.5 Å². The van der Waals surface area contributed by atoms with E-state index in [9.17, 15) is 4.79 Å². The van der Waals surface area contributed by atoms with E-state index in [-0.39, 0.29) is 5.91 Å². The second kappa shape index (κ2) is 6.78. The molecule has 6 heteroatoms. The zero-order valence-corrected chi connectivity index (χ0v) is 11.3. The van der Waals surface area contributed by atoms with Crippen molar-refractivity contribution in [3.05, 3.63) is 23.8 Å². The van der Waals surface area contributed by atoms with Gasteiger partial charge < -0.3 is 20.7 Å². The lowest BCUT2D eigenvalue weighted by atomic mass is 10.1. The fraction of sp³-hybridized carbons (Fsp3) is 0.429. The van der Waals surface area contributed by atoms with Crippen molar-refractivity contribution in [2.45, 2.75) is 6.42 Å². The maximum absolute atomic E-state index is 11.9. The molecule has 1 heterocycles. The number of carbonyl (C=O) groups excluding carboxylic acids is 1. The fourth-order valence-electron chi connectivity index (χ4n) is 2.08. The molecule has 0 bridgehead atoms. The molecular weight excluding hydrogens is 256 g/mol. The summed E-state index contributed by atoms with van der Waals surface area (Å²) >= 11 is 0. The van der Waals surface area contributed by atoms with E-state index in [0.29, 0.717) is 56.2 Å². The SMILES string of the molecule is N#Cc1cc(N)ccc1NCCC(=O)N1CCOCC1. The summed E-state index contributed by atoms with van der Waals surface area (Å²) < 4.78 is 5.21. The Morgan fingerprint density at radius 1 is 1.45 bits per heavy atom. The van der Waals surface area contributed by atoms with Crippen LogP contribution in [-0.4, -0.2) is 43.7 Å². The molecule has 1 aromatic carbocycles. The molecule has 0 aliphatic carbocycles. The number of amides is 1. The van der Waals surface area contributed by atoms with Crippen molar-refractivity contribution in [1.29, 1.82) is 5.26 Å². The first-order chi connectivity index (χ1) is 9.70. The Hall–Kier alpha value is -2.26. The third-order valence-electron chi connectivity index (χ3n) is 3.18. The number of rotatable bonds is 4. The topological polar surface area (TPSA) is 91.4 Å². The minimum absolute atomic E-state index is 0.106. The molecule has 1 aliphatic rings. The number of morpholine rings is 1. The smallest absolute Gasteiger partial charge is 0.224 e. The van der Waals surface area contributed by atoms with E-state index in [4.69, 9.17) is 15.7 Å². The monoisotopic (exact) mass is 274 g/mol. The molecule has 2 rings (SSSR count). The van der Waals surface area contributed by atoms with Gasteiger partial charge in [0.15, 0.2) is 0 Å². The Kier molecular flexibility index (Phi) is 4.80. The van der Waals surface area contributed by atoms with Crippen LogP contribution in [-0.2, 0) is 9.53 Å². The van der Waals surface area contributed by atoms with Crippen LogP contribution in [0, 0.1) is 11.3 Å². The van der Waals surface area contributed by atoms with Crippen molar-refractivity contribution >= 4 is 17.3 Å². The minimum Gasteiger partial charge on any atom is -0.399 e. The fourth-order valence-corrected chi connectivity index (χ4v) is 2.08. The highest BCUT2D eigenvalue weighted by atomic mass is 16.5. The second-order valence-electron chi connectivity index (χ2n) is 4.59. The van der Waals surface area contributed by atoms with Gasteiger partial charge in [-0.3, -0.25) is 4.79 Å². The van der Waals surface area contributed by atoms with Crippen LogP contribution < -0.4 is 11.1 Å². The van der Waals surface area contributed by atoms with Crippen LogP contribution in [0.4, 0.5) is 11.4 Å². The van der Waals surface area contributed by atoms with Gasteiger partial charge in [0.25, 0.3) is 0 Å². The molecule has 1 aliphatic heterocycles. The standard InChI is InChI=1S/C14H18N4O2/c15-10-11-9-12(16)1-2-13(11)17-4-3-14(19)18-5-7-20-8-6-18/h1-2,9,17H,3-8,16H2. The average molecular weight is 274 g/mol. The molecule has 20 heavy (non-hydrogen) atoms. The van der Waals surface area contributed by atoms with Crippen molar-refractivity contribution in [3.63, 3.8) is 0 Å². The predicted molar refractivity (Wildman–Crippen MR) is 76.1 cm³/mol. The number of hydrogen-bond donors (Lipinski definition) is 2. The minimum atomic E-state index is 0.106. The molecule has 0 spiro atoms. The van der Waals surface area contributed by atoms with Crippen molar-refractivity contribution in [2.24, 2.45) is 0 Å². The summed E-state index contributed by atoms with van der Waals surface area (Å²) in [6.07, 6.45) is 0.398. The highest BCUT2D eigenvalue weighted by Crippen LogP contribution is 2.17. The maximum Gasteiger partial charge on any atom is 0.224 e. The van der Waals surface area contributed by atoms with Crippen LogP contribution >= 0.6 is 0 Å². The number of carbonyl (C=O) groups is 1. The molecule has 0 aromatic heterocycles. The number of nitrogens with zero attached hydrogens (tertiary/aromatic N) is 2. The predicted octanol–water partition coefficient (Wildman–Crippen LogP) is 0.801. The highest BCUT2D eigenvalue weighted by Gasteiger charge is 2.16. The largest absolute Gasteiger partial charge is 0.399 e. The summed E-state index contributed by atoms with van der Waals surface area (Å²) in [4.78, 5) is 13.7. The van der Waals surface area contributed by atoms with Crippen molar-refractivity contribution < 1.29 is 9.53 Å². The van der Waals surface area contributed by atoms with Crippen LogP contribution in [0.3, 0.4) is 0 Å². The summed E-state index contributed by atoms with van der Waals surface area (Å²) in [7, 11) is 0. The van der Waals surface area contributed by atoms with E-state index in [1.165, 1.54) is 0 Å². The van der Waals surface area contributed by atoms with Crippen LogP contribution in [0.2, 0.25) is 0 Å². The third-order valence-corrected chi connectivity index (χ3v) is 3.18.